The molecule has 8 heterocycles. The first kappa shape index (κ1) is 68.4. The van der Waals surface area contributed by atoms with Crippen molar-refractivity contribution in [3.05, 3.63) is 220 Å². The molecule has 26 heteroatoms. The van der Waals surface area contributed by atoms with E-state index in [-0.39, 0.29) is 36.0 Å². The summed E-state index contributed by atoms with van der Waals surface area (Å²) < 4.78 is 49.5. The van der Waals surface area contributed by atoms with Crippen molar-refractivity contribution in [2.24, 2.45) is 0 Å². The van der Waals surface area contributed by atoms with E-state index in [9.17, 15) is 18.0 Å². The van der Waals surface area contributed by atoms with Crippen molar-refractivity contribution in [2.75, 3.05) is 43.4 Å². The molecular weight excluding hydrogens is 1310 g/mol. The number of nitrogens with zero attached hydrogens (tertiary/aromatic N) is 14. The van der Waals surface area contributed by atoms with E-state index in [1.165, 1.54) is 29.4 Å². The number of carbonyl (C=O) groups is 2. The highest BCUT2D eigenvalue weighted by Gasteiger charge is 2.33. The summed E-state index contributed by atoms with van der Waals surface area (Å²) >= 11 is 0. The highest BCUT2D eigenvalue weighted by atomic mass is 32.2. The van der Waals surface area contributed by atoms with Gasteiger partial charge in [0.05, 0.1) is 34.3 Å². The Kier molecular flexibility index (Phi) is 20.7. The van der Waals surface area contributed by atoms with Crippen LogP contribution in [-0.2, 0) is 19.6 Å². The SMILES string of the molecule is C/C=C/C(=O)N1CCC[C@@H](n2nc(-c3ccc(Oc4ccccc4)cc3)c3c(N)ncnc32)C1.C=CC(=O)NC1CCC(n2nc(-c3ccc(Oc4ccccc4)cc3)c3c(N)ncnc32)CC1.C=CS(=O)(=O)N1CCC[C@@H](n2nc(-c3ccc(Oc4ccccc4)cc3)c3c(N)ncnc32)C1. The van der Waals surface area contributed by atoms with Gasteiger partial charge in [-0.05, 0) is 180 Å². The number of hydrogen-bond donors (Lipinski definition) is 4. The predicted octanol–water partition coefficient (Wildman–Crippen LogP) is 13.2. The molecule has 2 saturated heterocycles. The van der Waals surface area contributed by atoms with Gasteiger partial charge in [0.15, 0.2) is 16.9 Å². The number of aromatic nitrogens is 12. The summed E-state index contributed by atoms with van der Waals surface area (Å²) in [5, 5.41) is 20.8. The number of nitrogens with one attached hydrogen (secondary N) is 1. The van der Waals surface area contributed by atoms with Gasteiger partial charge in [0, 0.05) is 54.3 Å². The zero-order valence-electron chi connectivity index (χ0n) is 56.1. The van der Waals surface area contributed by atoms with Gasteiger partial charge in [-0.3, -0.25) is 9.59 Å². The summed E-state index contributed by atoms with van der Waals surface area (Å²) in [5.41, 5.74) is 25.5. The third-order valence-corrected chi connectivity index (χ3v) is 19.6. The van der Waals surface area contributed by atoms with Gasteiger partial charge in [0.2, 0.25) is 21.8 Å². The summed E-state index contributed by atoms with van der Waals surface area (Å²) in [6.45, 7) is 10.9. The Morgan fingerprint density at radius 2 is 0.853 bits per heavy atom. The van der Waals surface area contributed by atoms with Crippen molar-refractivity contribution < 1.29 is 32.2 Å². The number of sulfonamides is 1. The summed E-state index contributed by atoms with van der Waals surface area (Å²) in [6, 6.07) is 52.0. The second-order valence-electron chi connectivity index (χ2n) is 24.7. The molecular formula is C76H76N18O7S. The van der Waals surface area contributed by atoms with Gasteiger partial charge in [0.25, 0.3) is 0 Å². The van der Waals surface area contributed by atoms with Crippen molar-refractivity contribution >= 4 is 72.4 Å². The molecule has 518 valence electrons. The minimum Gasteiger partial charge on any atom is -0.457 e. The van der Waals surface area contributed by atoms with Gasteiger partial charge in [-0.15, -0.1) is 0 Å². The zero-order valence-corrected chi connectivity index (χ0v) is 56.9. The lowest BCUT2D eigenvalue weighted by atomic mass is 9.91. The third kappa shape index (κ3) is 15.3. The van der Waals surface area contributed by atoms with E-state index in [4.69, 9.17) is 46.7 Å². The number of likely N-dealkylation sites (tertiary alicyclic amines) is 1. The summed E-state index contributed by atoms with van der Waals surface area (Å²) in [7, 11) is -3.51. The molecule has 1 aliphatic carbocycles. The Morgan fingerprint density at radius 1 is 0.480 bits per heavy atom. The van der Waals surface area contributed by atoms with Crippen molar-refractivity contribution in [3.8, 4) is 68.3 Å². The number of para-hydroxylation sites is 3. The van der Waals surface area contributed by atoms with Crippen LogP contribution in [0, 0.1) is 0 Å². The molecule has 12 aromatic rings. The number of rotatable bonds is 17. The van der Waals surface area contributed by atoms with Gasteiger partial charge in [-0.25, -0.2) is 52.4 Å². The maximum atomic E-state index is 12.4. The number of piperidine rings is 2. The largest absolute Gasteiger partial charge is 0.457 e. The molecule has 0 radical (unpaired) electrons. The van der Waals surface area contributed by atoms with Crippen LogP contribution in [0.5, 0.6) is 34.5 Å². The summed E-state index contributed by atoms with van der Waals surface area (Å²) in [5.74, 6) is 5.47. The minimum atomic E-state index is -3.51. The van der Waals surface area contributed by atoms with Crippen LogP contribution in [-0.4, -0.2) is 121 Å². The van der Waals surface area contributed by atoms with Crippen molar-refractivity contribution in [1.29, 1.82) is 0 Å². The summed E-state index contributed by atoms with van der Waals surface area (Å²) in [4.78, 5) is 52.0. The third-order valence-electron chi connectivity index (χ3n) is 18.1. The number of fused-ring (bicyclic) bond motifs is 3. The molecule has 2 aliphatic heterocycles. The fourth-order valence-electron chi connectivity index (χ4n) is 13.1. The monoisotopic (exact) mass is 1380 g/mol. The van der Waals surface area contributed by atoms with Gasteiger partial charge < -0.3 is 41.6 Å². The Balaban J connectivity index is 0.000000137. The van der Waals surface area contributed by atoms with Crippen LogP contribution in [0.1, 0.15) is 76.4 Å². The molecule has 6 aromatic heterocycles. The van der Waals surface area contributed by atoms with E-state index >= 15 is 0 Å². The van der Waals surface area contributed by atoms with E-state index in [1.54, 1.807) is 16.8 Å². The average molecular weight is 1390 g/mol. The number of amides is 2. The van der Waals surface area contributed by atoms with Crippen molar-refractivity contribution in [2.45, 2.75) is 82.5 Å². The Morgan fingerprint density at radius 3 is 1.24 bits per heavy atom. The lowest BCUT2D eigenvalue weighted by Crippen LogP contribution is -2.40. The minimum absolute atomic E-state index is 0.00851. The molecule has 0 unspecified atom stereocenters. The second kappa shape index (κ2) is 30.9. The van der Waals surface area contributed by atoms with Crippen LogP contribution >= 0.6 is 0 Å². The molecule has 3 fully saturated rings. The van der Waals surface area contributed by atoms with Crippen LogP contribution in [0.4, 0.5) is 17.5 Å². The fourth-order valence-corrected chi connectivity index (χ4v) is 14.0. The van der Waals surface area contributed by atoms with Crippen LogP contribution < -0.4 is 36.7 Å². The van der Waals surface area contributed by atoms with Gasteiger partial charge in [-0.2, -0.15) is 19.6 Å². The number of nitrogens with two attached hydrogens (primary N) is 3. The van der Waals surface area contributed by atoms with Crippen LogP contribution in [0.15, 0.2) is 220 Å². The molecule has 15 rings (SSSR count). The van der Waals surface area contributed by atoms with E-state index in [0.29, 0.717) is 71.6 Å². The van der Waals surface area contributed by atoms with Gasteiger partial charge in [-0.1, -0.05) is 73.8 Å². The number of benzene rings is 6. The second-order valence-corrected chi connectivity index (χ2v) is 26.6. The molecule has 2 atom stereocenters. The maximum absolute atomic E-state index is 12.4. The lowest BCUT2D eigenvalue weighted by Gasteiger charge is -2.32. The molecule has 0 bridgehead atoms. The zero-order chi connectivity index (χ0) is 70.7. The number of carbonyl (C=O) groups excluding carboxylic acids is 2. The van der Waals surface area contributed by atoms with Crippen LogP contribution in [0.3, 0.4) is 0 Å². The van der Waals surface area contributed by atoms with E-state index in [1.807, 2.05) is 185 Å². The van der Waals surface area contributed by atoms with Gasteiger partial charge >= 0.3 is 0 Å². The number of nitrogen functional groups attached to an aromatic ring is 3. The highest BCUT2D eigenvalue weighted by molar-refractivity contribution is 7.92. The first-order valence-corrected chi connectivity index (χ1v) is 35.2. The van der Waals surface area contributed by atoms with E-state index in [0.717, 1.165) is 130 Å². The van der Waals surface area contributed by atoms with Crippen LogP contribution in [0.2, 0.25) is 0 Å². The standard InChI is InChI=1S/2C26H26N6O2.C24H24N6O3S/c1-2-7-22(33)31-15-6-8-19(16-31)32-26-23(25(27)28-17-29-26)24(30-32)18-11-13-21(14-12-18)34-20-9-4-3-5-10-20;1-2-22(33)30-18-10-12-19(13-11-18)32-26-23(25(27)28-16-29-26)24(31-32)17-8-14-21(15-9-17)34-20-6-4-3-5-7-20;1-2-34(31,32)29-14-6-7-18(15-29)30-24-21(23(25)26-16-27-24)22(28-30)17-10-12-20(13-11-17)33-19-8-4-3-5-9-19/h2-5,7,9-14,17,19H,6,8,15-16H2,1H3,(H2,27,28,29);2-9,14-16,18-19H,1,10-13H2,(H,30,33)(H2,27,28,29);2-5,8-13,16,18H,1,6-7,14-15H2,(H2,25,26,27)/b7-2+;;/t19-;;18-/m1.1/s1. The first-order chi connectivity index (χ1) is 49.7. The van der Waals surface area contributed by atoms with Crippen molar-refractivity contribution in [1.82, 2.24) is 73.8 Å². The topological polar surface area (TPSA) is 323 Å². The summed E-state index contributed by atoms with van der Waals surface area (Å²) in [6.07, 6.45) is 15.8. The molecule has 102 heavy (non-hydrogen) atoms. The Hall–Kier alpha value is -12.2. The normalized spacial score (nSPS) is 17.0. The molecule has 0 spiro atoms. The molecule has 3 aliphatic rings. The number of allylic oxidation sites excluding steroid dienone is 1. The Labute approximate surface area is 589 Å². The highest BCUT2D eigenvalue weighted by Crippen LogP contribution is 2.40. The van der Waals surface area contributed by atoms with E-state index < -0.39 is 10.0 Å². The number of ether oxygens (including phenoxy) is 3. The quantitative estimate of drug-likeness (QED) is 0.0615. The number of anilines is 3. The van der Waals surface area contributed by atoms with Gasteiger partial charge in [0.1, 0.15) is 88.0 Å². The maximum Gasteiger partial charge on any atom is 0.246 e. The predicted molar refractivity (Wildman–Crippen MR) is 393 cm³/mol. The molecule has 6 aromatic carbocycles. The molecule has 1 saturated carbocycles. The van der Waals surface area contributed by atoms with Crippen LogP contribution in [0.25, 0.3) is 66.9 Å². The Bertz CT molecular complexity index is 5090. The number of hydrogen-bond acceptors (Lipinski definition) is 19. The van der Waals surface area contributed by atoms with E-state index in [2.05, 4.69) is 48.4 Å². The molecule has 7 N–H and O–H groups in total. The molecule has 2 amide bonds. The van der Waals surface area contributed by atoms with Crippen molar-refractivity contribution in [3.63, 3.8) is 0 Å². The average Bonchev–Trinajstić information content (AvgIpc) is 1.62. The smallest absolute Gasteiger partial charge is 0.246 e. The lowest BCUT2D eigenvalue weighted by molar-refractivity contribution is -0.127. The fraction of sp³-hybridized carbons (Fsp3) is 0.224. The molecule has 25 nitrogen and oxygen atoms in total. The first-order valence-electron chi connectivity index (χ1n) is 33.7.